The molecule has 2 rings (SSSR count). The second-order valence-corrected chi connectivity index (χ2v) is 4.81. The average molecular weight is 280 g/mol. The van der Waals surface area contributed by atoms with Crippen LogP contribution in [0.2, 0.25) is 0 Å². The third-order valence-electron chi connectivity index (χ3n) is 3.35. The van der Waals surface area contributed by atoms with Crippen LogP contribution in [-0.4, -0.2) is 43.5 Å². The molecule has 1 saturated heterocycles. The molecular weight excluding hydrogens is 260 g/mol. The van der Waals surface area contributed by atoms with Gasteiger partial charge in [0.2, 0.25) is 5.91 Å². The van der Waals surface area contributed by atoms with E-state index in [4.69, 9.17) is 4.42 Å². The summed E-state index contributed by atoms with van der Waals surface area (Å²) in [4.78, 5) is 24.9. The SMILES string of the molecule is COC(=O)c1coc(CNCCC(=O)N2CCCC2)c1. The number of rotatable bonds is 6. The molecule has 1 aliphatic rings. The Morgan fingerprint density at radius 1 is 1.40 bits per heavy atom. The molecule has 1 fully saturated rings. The number of methoxy groups -OCH3 is 1. The molecular formula is C14H20N2O4. The first kappa shape index (κ1) is 14.6. The van der Waals surface area contributed by atoms with E-state index in [2.05, 4.69) is 10.1 Å². The molecule has 1 amide bonds. The predicted molar refractivity (Wildman–Crippen MR) is 72.2 cm³/mol. The fourth-order valence-corrected chi connectivity index (χ4v) is 2.23. The summed E-state index contributed by atoms with van der Waals surface area (Å²) in [6, 6.07) is 1.64. The molecule has 0 aliphatic carbocycles. The summed E-state index contributed by atoms with van der Waals surface area (Å²) in [5, 5.41) is 3.13. The smallest absolute Gasteiger partial charge is 0.341 e. The summed E-state index contributed by atoms with van der Waals surface area (Å²) in [7, 11) is 1.33. The number of furan rings is 1. The zero-order valence-corrected chi connectivity index (χ0v) is 11.7. The molecule has 6 heteroatoms. The van der Waals surface area contributed by atoms with Crippen LogP contribution < -0.4 is 5.32 Å². The van der Waals surface area contributed by atoms with Gasteiger partial charge in [0.1, 0.15) is 12.0 Å². The number of hydrogen-bond donors (Lipinski definition) is 1. The van der Waals surface area contributed by atoms with Gasteiger partial charge < -0.3 is 19.4 Å². The van der Waals surface area contributed by atoms with Crippen molar-refractivity contribution in [3.05, 3.63) is 23.7 Å². The maximum Gasteiger partial charge on any atom is 0.341 e. The average Bonchev–Trinajstić information content (AvgIpc) is 3.13. The van der Waals surface area contributed by atoms with Crippen LogP contribution in [0.25, 0.3) is 0 Å². The Bertz CT molecular complexity index is 463. The highest BCUT2D eigenvalue weighted by Gasteiger charge is 2.17. The molecule has 2 heterocycles. The van der Waals surface area contributed by atoms with Gasteiger partial charge in [0.15, 0.2) is 0 Å². The first-order valence-corrected chi connectivity index (χ1v) is 6.85. The predicted octanol–water partition coefficient (Wildman–Crippen LogP) is 1.17. The quantitative estimate of drug-likeness (QED) is 0.625. The monoisotopic (exact) mass is 280 g/mol. The standard InChI is InChI=1S/C14H20N2O4/c1-19-14(18)11-8-12(20-10-11)9-15-5-4-13(17)16-6-2-3-7-16/h8,10,15H,2-7,9H2,1H3. The minimum absolute atomic E-state index is 0.199. The van der Waals surface area contributed by atoms with Gasteiger partial charge in [-0.05, 0) is 18.9 Å². The van der Waals surface area contributed by atoms with Gasteiger partial charge in [0.25, 0.3) is 0 Å². The van der Waals surface area contributed by atoms with Gasteiger partial charge in [0, 0.05) is 26.1 Å². The van der Waals surface area contributed by atoms with E-state index < -0.39 is 5.97 Å². The van der Waals surface area contributed by atoms with Gasteiger partial charge in [-0.25, -0.2) is 4.79 Å². The van der Waals surface area contributed by atoms with Gasteiger partial charge in [-0.2, -0.15) is 0 Å². The summed E-state index contributed by atoms with van der Waals surface area (Å²) in [6.07, 6.45) is 4.09. The van der Waals surface area contributed by atoms with Crippen molar-refractivity contribution in [2.75, 3.05) is 26.7 Å². The zero-order chi connectivity index (χ0) is 14.4. The molecule has 20 heavy (non-hydrogen) atoms. The number of hydrogen-bond acceptors (Lipinski definition) is 5. The zero-order valence-electron chi connectivity index (χ0n) is 11.7. The molecule has 1 aromatic rings. The Labute approximate surface area is 118 Å². The highest BCUT2D eigenvalue weighted by atomic mass is 16.5. The third-order valence-corrected chi connectivity index (χ3v) is 3.35. The van der Waals surface area contributed by atoms with Crippen LogP contribution in [0, 0.1) is 0 Å². The van der Waals surface area contributed by atoms with Crippen molar-refractivity contribution in [2.45, 2.75) is 25.8 Å². The number of carbonyl (C=O) groups is 2. The molecule has 0 unspecified atom stereocenters. The van der Waals surface area contributed by atoms with Crippen molar-refractivity contribution in [2.24, 2.45) is 0 Å². The van der Waals surface area contributed by atoms with Crippen LogP contribution in [0.1, 0.15) is 35.4 Å². The largest absolute Gasteiger partial charge is 0.467 e. The lowest BCUT2D eigenvalue weighted by molar-refractivity contribution is -0.130. The molecule has 110 valence electrons. The summed E-state index contributed by atoms with van der Waals surface area (Å²) in [5.41, 5.74) is 0.400. The topological polar surface area (TPSA) is 71.8 Å². The summed E-state index contributed by atoms with van der Waals surface area (Å²) in [5.74, 6) is 0.438. The van der Waals surface area contributed by atoms with Crippen LogP contribution in [0.5, 0.6) is 0 Å². The maximum absolute atomic E-state index is 11.8. The van der Waals surface area contributed by atoms with Crippen molar-refractivity contribution in [3.8, 4) is 0 Å². The summed E-state index contributed by atoms with van der Waals surface area (Å²) in [6.45, 7) is 2.87. The molecule has 1 aliphatic heterocycles. The highest BCUT2D eigenvalue weighted by molar-refractivity contribution is 5.88. The minimum atomic E-state index is -0.413. The number of nitrogens with zero attached hydrogens (tertiary/aromatic N) is 1. The van der Waals surface area contributed by atoms with Crippen molar-refractivity contribution in [1.82, 2.24) is 10.2 Å². The minimum Gasteiger partial charge on any atom is -0.467 e. The Morgan fingerprint density at radius 3 is 2.85 bits per heavy atom. The Hall–Kier alpha value is -1.82. The van der Waals surface area contributed by atoms with Crippen molar-refractivity contribution < 1.29 is 18.7 Å². The second kappa shape index (κ2) is 7.09. The van der Waals surface area contributed by atoms with Gasteiger partial charge >= 0.3 is 5.97 Å². The molecule has 0 atom stereocenters. The van der Waals surface area contributed by atoms with E-state index in [1.54, 1.807) is 6.07 Å². The molecule has 1 N–H and O–H groups in total. The van der Waals surface area contributed by atoms with Crippen molar-refractivity contribution >= 4 is 11.9 Å². The van der Waals surface area contributed by atoms with E-state index in [1.807, 2.05) is 4.90 Å². The van der Waals surface area contributed by atoms with Gasteiger partial charge in [-0.15, -0.1) is 0 Å². The fourth-order valence-electron chi connectivity index (χ4n) is 2.23. The molecule has 0 bridgehead atoms. The molecule has 0 saturated carbocycles. The van der Waals surface area contributed by atoms with Crippen LogP contribution in [0.4, 0.5) is 0 Å². The highest BCUT2D eigenvalue weighted by Crippen LogP contribution is 2.10. The Kier molecular flexibility index (Phi) is 5.17. The molecule has 0 radical (unpaired) electrons. The number of nitrogens with one attached hydrogen (secondary N) is 1. The first-order valence-electron chi connectivity index (χ1n) is 6.85. The van der Waals surface area contributed by atoms with Gasteiger partial charge in [-0.3, -0.25) is 4.79 Å². The Morgan fingerprint density at radius 2 is 2.15 bits per heavy atom. The third kappa shape index (κ3) is 3.84. The lowest BCUT2D eigenvalue weighted by atomic mass is 10.3. The number of carbonyl (C=O) groups excluding carboxylic acids is 2. The summed E-state index contributed by atoms with van der Waals surface area (Å²) < 4.78 is 9.83. The lowest BCUT2D eigenvalue weighted by Gasteiger charge is -2.14. The van der Waals surface area contributed by atoms with Crippen LogP contribution >= 0.6 is 0 Å². The lowest BCUT2D eigenvalue weighted by Crippen LogP contribution is -2.30. The number of amides is 1. The maximum atomic E-state index is 11.8. The van der Waals surface area contributed by atoms with E-state index in [1.165, 1.54) is 13.4 Å². The van der Waals surface area contributed by atoms with Gasteiger partial charge in [-0.1, -0.05) is 0 Å². The molecule has 1 aromatic heterocycles. The molecule has 0 aromatic carbocycles. The van der Waals surface area contributed by atoms with Gasteiger partial charge in [0.05, 0.1) is 19.2 Å². The number of ether oxygens (including phenoxy) is 1. The van der Waals surface area contributed by atoms with E-state index in [-0.39, 0.29) is 5.91 Å². The molecule has 0 spiro atoms. The Balaban J connectivity index is 1.66. The van der Waals surface area contributed by atoms with Crippen molar-refractivity contribution in [1.29, 1.82) is 0 Å². The van der Waals surface area contributed by atoms with E-state index in [9.17, 15) is 9.59 Å². The van der Waals surface area contributed by atoms with E-state index in [0.717, 1.165) is 25.9 Å². The fraction of sp³-hybridized carbons (Fsp3) is 0.571. The van der Waals surface area contributed by atoms with Crippen LogP contribution in [0.3, 0.4) is 0 Å². The van der Waals surface area contributed by atoms with Crippen LogP contribution in [0.15, 0.2) is 16.7 Å². The first-order chi connectivity index (χ1) is 9.70. The number of likely N-dealkylation sites (tertiary alicyclic amines) is 1. The number of esters is 1. The molecule has 6 nitrogen and oxygen atoms in total. The normalized spacial score (nSPS) is 14.6. The van der Waals surface area contributed by atoms with Crippen LogP contribution in [-0.2, 0) is 16.1 Å². The second-order valence-electron chi connectivity index (χ2n) is 4.81. The van der Waals surface area contributed by atoms with E-state index in [0.29, 0.717) is 30.8 Å². The van der Waals surface area contributed by atoms with E-state index >= 15 is 0 Å². The summed E-state index contributed by atoms with van der Waals surface area (Å²) >= 11 is 0. The van der Waals surface area contributed by atoms with Crippen molar-refractivity contribution in [3.63, 3.8) is 0 Å².